The molecule has 9 heteroatoms. The van der Waals surface area contributed by atoms with Crippen LogP contribution < -0.4 is 5.32 Å². The smallest absolute Gasteiger partial charge is 0.242 e. The number of nitrogens with one attached hydrogen (secondary N) is 1. The van der Waals surface area contributed by atoms with Crippen molar-refractivity contribution in [3.63, 3.8) is 0 Å². The molecule has 1 saturated carbocycles. The Morgan fingerprint density at radius 2 is 1.88 bits per heavy atom. The Balaban J connectivity index is 1.55. The molecule has 1 aromatic heterocycles. The van der Waals surface area contributed by atoms with E-state index in [2.05, 4.69) is 10.3 Å². The number of hydrogen-bond acceptors (Lipinski definition) is 6. The highest BCUT2D eigenvalue weighted by molar-refractivity contribution is 8.00. The van der Waals surface area contributed by atoms with Crippen LogP contribution in [0.25, 0.3) is 10.9 Å². The zero-order chi connectivity index (χ0) is 23.0. The molecule has 1 N–H and O–H groups in total. The summed E-state index contributed by atoms with van der Waals surface area (Å²) in [5, 5.41) is 4.61. The Kier molecular flexibility index (Phi) is 6.24. The quantitative estimate of drug-likeness (QED) is 0.413. The van der Waals surface area contributed by atoms with Crippen LogP contribution in [0.15, 0.2) is 46.3 Å². The summed E-state index contributed by atoms with van der Waals surface area (Å²) in [6.45, 7) is 3.70. The van der Waals surface area contributed by atoms with Crippen LogP contribution in [0.1, 0.15) is 35.7 Å². The molecule has 0 radical (unpaired) electrons. The van der Waals surface area contributed by atoms with E-state index in [0.717, 1.165) is 50.0 Å². The first-order valence-electron chi connectivity index (χ1n) is 10.4. The molecule has 32 heavy (non-hydrogen) atoms. The molecular weight excluding hydrogens is 444 g/mol. The number of thioether (sulfide) groups is 1. The lowest BCUT2D eigenvalue weighted by Gasteiger charge is -2.16. The van der Waals surface area contributed by atoms with Gasteiger partial charge in [-0.05, 0) is 56.0 Å². The molecule has 3 aromatic rings. The molecule has 1 aliphatic rings. The van der Waals surface area contributed by atoms with E-state index in [1.807, 2.05) is 38.1 Å². The molecule has 1 heterocycles. The lowest BCUT2D eigenvalue weighted by atomic mass is 10.1. The average molecular weight is 471 g/mol. The first-order chi connectivity index (χ1) is 15.2. The monoisotopic (exact) mass is 470 g/mol. The van der Waals surface area contributed by atoms with Gasteiger partial charge in [0.05, 0.1) is 16.2 Å². The van der Waals surface area contributed by atoms with Crippen molar-refractivity contribution in [2.24, 2.45) is 0 Å². The molecule has 0 atom stereocenters. The maximum absolute atomic E-state index is 12.8. The number of para-hydroxylation sites is 1. The third-order valence-corrected chi connectivity index (χ3v) is 8.35. The Morgan fingerprint density at radius 3 is 2.56 bits per heavy atom. The summed E-state index contributed by atoms with van der Waals surface area (Å²) < 4.78 is 26.3. The predicted octanol–water partition coefficient (Wildman–Crippen LogP) is 4.11. The van der Waals surface area contributed by atoms with Gasteiger partial charge in [0.25, 0.3) is 0 Å². The van der Waals surface area contributed by atoms with Gasteiger partial charge in [-0.3, -0.25) is 4.79 Å². The standard InChI is InChI=1S/C23H26N4O3S2/c1-14-11-17(32(29,30)27(3)4)12-20(15(14)2)24-21(28)13-31-23-18-7-5-6-8-19(18)25-22(26-23)16-9-10-16/h5-8,11-12,16H,9-10,13H2,1-4H3,(H,24,28). The first kappa shape index (κ1) is 22.7. The number of carbonyl (C=O) groups excluding carboxylic acids is 1. The minimum atomic E-state index is -3.60. The molecule has 0 bridgehead atoms. The molecule has 1 aliphatic carbocycles. The van der Waals surface area contributed by atoms with E-state index in [4.69, 9.17) is 4.98 Å². The van der Waals surface area contributed by atoms with Gasteiger partial charge in [-0.1, -0.05) is 30.0 Å². The van der Waals surface area contributed by atoms with Crippen molar-refractivity contribution >= 4 is 44.3 Å². The minimum Gasteiger partial charge on any atom is -0.325 e. The highest BCUT2D eigenvalue weighted by Gasteiger charge is 2.27. The number of benzene rings is 2. The van der Waals surface area contributed by atoms with Gasteiger partial charge in [0.1, 0.15) is 10.9 Å². The fraction of sp³-hybridized carbons (Fsp3) is 0.348. The summed E-state index contributed by atoms with van der Waals surface area (Å²) in [7, 11) is -0.626. The number of nitrogens with zero attached hydrogens (tertiary/aromatic N) is 3. The molecule has 0 aliphatic heterocycles. The van der Waals surface area contributed by atoms with Crippen LogP contribution in [-0.2, 0) is 14.8 Å². The van der Waals surface area contributed by atoms with Crippen molar-refractivity contribution in [1.29, 1.82) is 0 Å². The van der Waals surface area contributed by atoms with E-state index in [1.54, 1.807) is 6.07 Å². The second-order valence-electron chi connectivity index (χ2n) is 8.22. The van der Waals surface area contributed by atoms with Gasteiger partial charge in [0, 0.05) is 31.1 Å². The SMILES string of the molecule is Cc1cc(S(=O)(=O)N(C)C)cc(NC(=O)CSc2nc(C3CC3)nc3ccccc23)c1C. The third-order valence-electron chi connectivity index (χ3n) is 5.56. The van der Waals surface area contributed by atoms with Crippen molar-refractivity contribution in [3.05, 3.63) is 53.3 Å². The number of hydrogen-bond donors (Lipinski definition) is 1. The second kappa shape index (κ2) is 8.80. The van der Waals surface area contributed by atoms with Crippen molar-refractivity contribution in [1.82, 2.24) is 14.3 Å². The van der Waals surface area contributed by atoms with E-state index < -0.39 is 10.0 Å². The summed E-state index contributed by atoms with van der Waals surface area (Å²) in [5.41, 5.74) is 3.03. The maximum atomic E-state index is 12.8. The number of aryl methyl sites for hydroxylation is 1. The van der Waals surface area contributed by atoms with Crippen molar-refractivity contribution in [2.45, 2.75) is 42.5 Å². The normalized spacial score (nSPS) is 14.2. The summed E-state index contributed by atoms with van der Waals surface area (Å²) in [5.74, 6) is 1.21. The van der Waals surface area contributed by atoms with E-state index in [1.165, 1.54) is 31.9 Å². The molecule has 0 unspecified atom stereocenters. The highest BCUT2D eigenvalue weighted by atomic mass is 32.2. The van der Waals surface area contributed by atoms with Crippen molar-refractivity contribution < 1.29 is 13.2 Å². The van der Waals surface area contributed by atoms with Gasteiger partial charge in [0.2, 0.25) is 15.9 Å². The third kappa shape index (κ3) is 4.65. The van der Waals surface area contributed by atoms with Gasteiger partial charge < -0.3 is 5.32 Å². The number of amides is 1. The molecule has 1 fully saturated rings. The molecule has 7 nitrogen and oxygen atoms in total. The Labute approximate surface area is 192 Å². The fourth-order valence-corrected chi connectivity index (χ4v) is 5.18. The zero-order valence-electron chi connectivity index (χ0n) is 18.5. The van der Waals surface area contributed by atoms with Gasteiger partial charge >= 0.3 is 0 Å². The number of aromatic nitrogens is 2. The molecule has 1 amide bonds. The number of carbonyl (C=O) groups is 1. The van der Waals surface area contributed by atoms with Crippen LogP contribution in [0.2, 0.25) is 0 Å². The lowest BCUT2D eigenvalue weighted by Crippen LogP contribution is -2.23. The topological polar surface area (TPSA) is 92.3 Å². The molecule has 0 spiro atoms. The number of sulfonamides is 1. The number of anilines is 1. The largest absolute Gasteiger partial charge is 0.325 e. The summed E-state index contributed by atoms with van der Waals surface area (Å²) >= 11 is 1.37. The number of rotatable bonds is 7. The Morgan fingerprint density at radius 1 is 1.16 bits per heavy atom. The summed E-state index contributed by atoms with van der Waals surface area (Å²) in [4.78, 5) is 22.3. The minimum absolute atomic E-state index is 0.157. The van der Waals surface area contributed by atoms with E-state index >= 15 is 0 Å². The molecular formula is C23H26N4O3S2. The second-order valence-corrected chi connectivity index (χ2v) is 11.3. The predicted molar refractivity (Wildman–Crippen MR) is 128 cm³/mol. The van der Waals surface area contributed by atoms with Crippen LogP contribution >= 0.6 is 11.8 Å². The van der Waals surface area contributed by atoms with E-state index in [0.29, 0.717) is 11.6 Å². The number of fused-ring (bicyclic) bond motifs is 1. The van der Waals surface area contributed by atoms with Crippen LogP contribution in [0, 0.1) is 13.8 Å². The maximum Gasteiger partial charge on any atom is 0.242 e. The van der Waals surface area contributed by atoms with Gasteiger partial charge in [-0.25, -0.2) is 22.7 Å². The van der Waals surface area contributed by atoms with Crippen LogP contribution in [0.5, 0.6) is 0 Å². The van der Waals surface area contributed by atoms with Gasteiger partial charge in [-0.2, -0.15) is 0 Å². The van der Waals surface area contributed by atoms with Crippen molar-refractivity contribution in [2.75, 3.05) is 25.2 Å². The van der Waals surface area contributed by atoms with E-state index in [-0.39, 0.29) is 16.6 Å². The zero-order valence-corrected chi connectivity index (χ0v) is 20.2. The molecule has 0 saturated heterocycles. The molecule has 168 valence electrons. The van der Waals surface area contributed by atoms with Gasteiger partial charge in [-0.15, -0.1) is 0 Å². The first-order valence-corrected chi connectivity index (χ1v) is 12.8. The van der Waals surface area contributed by atoms with Gasteiger partial charge in [0.15, 0.2) is 0 Å². The van der Waals surface area contributed by atoms with Crippen LogP contribution in [0.3, 0.4) is 0 Å². The fourth-order valence-electron chi connectivity index (χ4n) is 3.33. The Hall–Kier alpha value is -2.49. The van der Waals surface area contributed by atoms with Crippen LogP contribution in [0.4, 0.5) is 5.69 Å². The highest BCUT2D eigenvalue weighted by Crippen LogP contribution is 2.39. The van der Waals surface area contributed by atoms with Crippen molar-refractivity contribution in [3.8, 4) is 0 Å². The average Bonchev–Trinajstić information content (AvgIpc) is 3.60. The molecule has 4 rings (SSSR count). The Bertz CT molecular complexity index is 1300. The lowest BCUT2D eigenvalue weighted by molar-refractivity contribution is -0.113. The molecule has 2 aromatic carbocycles. The summed E-state index contributed by atoms with van der Waals surface area (Å²) in [6, 6.07) is 11.0. The van der Waals surface area contributed by atoms with E-state index in [9.17, 15) is 13.2 Å². The summed E-state index contributed by atoms with van der Waals surface area (Å²) in [6.07, 6.45) is 2.21. The van der Waals surface area contributed by atoms with Crippen LogP contribution in [-0.4, -0.2) is 48.4 Å².